The Bertz CT molecular complexity index is 610. The topological polar surface area (TPSA) is 88.6 Å². The minimum atomic E-state index is -1.18. The maximum atomic E-state index is 11.3. The number of phenols is 1. The number of hydrogen-bond acceptors (Lipinski definition) is 4. The van der Waals surface area contributed by atoms with Gasteiger partial charge in [-0.3, -0.25) is 0 Å². The van der Waals surface area contributed by atoms with E-state index in [1.807, 2.05) is 0 Å². The molecule has 2 aliphatic heterocycles. The molecular weight excluding hydrogens is 332 g/mol. The Morgan fingerprint density at radius 2 is 1.87 bits per heavy atom. The Hall–Kier alpha value is -1.64. The van der Waals surface area contributed by atoms with Gasteiger partial charge in [0.2, 0.25) is 0 Å². The highest BCUT2D eigenvalue weighted by atomic mass is 32.1. The first-order valence-electron chi connectivity index (χ1n) is 7.57. The van der Waals surface area contributed by atoms with Crippen molar-refractivity contribution in [1.29, 1.82) is 0 Å². The van der Waals surface area contributed by atoms with Gasteiger partial charge in [0.1, 0.15) is 11.5 Å². The molecule has 3 atom stereocenters. The largest absolute Gasteiger partial charge is 0.508 e. The van der Waals surface area contributed by atoms with E-state index in [1.165, 1.54) is 0 Å². The predicted octanol–water partition coefficient (Wildman–Crippen LogP) is -0.0464. The van der Waals surface area contributed by atoms with Gasteiger partial charge in [0.25, 0.3) is 0 Å². The van der Waals surface area contributed by atoms with Crippen LogP contribution in [0, 0.1) is 5.92 Å². The molecule has 2 fully saturated rings. The van der Waals surface area contributed by atoms with E-state index in [1.54, 1.807) is 24.3 Å². The van der Waals surface area contributed by atoms with Gasteiger partial charge in [-0.2, -0.15) is 0 Å². The first kappa shape index (κ1) is 16.2. The van der Waals surface area contributed by atoms with Crippen molar-refractivity contribution in [3.05, 3.63) is 29.8 Å². The molecule has 1 aromatic carbocycles. The summed E-state index contributed by atoms with van der Waals surface area (Å²) in [4.78, 5) is 0. The van der Waals surface area contributed by atoms with Crippen molar-refractivity contribution >= 4 is 34.7 Å². The summed E-state index contributed by atoms with van der Waals surface area (Å²) < 4.78 is 0. The molecule has 2 saturated heterocycles. The fourth-order valence-corrected chi connectivity index (χ4v) is 3.73. The van der Waals surface area contributed by atoms with Crippen LogP contribution in [-0.4, -0.2) is 45.3 Å². The van der Waals surface area contributed by atoms with Crippen LogP contribution in [0.4, 0.5) is 0 Å². The third-order valence-corrected chi connectivity index (χ3v) is 4.89. The van der Waals surface area contributed by atoms with Crippen molar-refractivity contribution < 1.29 is 10.2 Å². The number of nitrogens with one attached hydrogen (secondary N) is 4. The quantitative estimate of drug-likeness (QED) is 0.422. The smallest absolute Gasteiger partial charge is 0.168 e. The van der Waals surface area contributed by atoms with Gasteiger partial charge in [-0.05, 0) is 48.6 Å². The summed E-state index contributed by atoms with van der Waals surface area (Å²) in [5.74, 6) is 0.0968. The molecular formula is C15H20N4O2S2. The fraction of sp³-hybridized carbons (Fsp3) is 0.467. The Morgan fingerprint density at radius 3 is 2.57 bits per heavy atom. The van der Waals surface area contributed by atoms with E-state index in [0.29, 0.717) is 23.2 Å². The van der Waals surface area contributed by atoms with E-state index >= 15 is 0 Å². The lowest BCUT2D eigenvalue weighted by molar-refractivity contribution is -0.0525. The number of aliphatic hydroxyl groups is 1. The summed E-state index contributed by atoms with van der Waals surface area (Å²) in [6.07, 6.45) is 1.25. The molecule has 124 valence electrons. The number of rotatable bonds is 3. The second-order valence-electron chi connectivity index (χ2n) is 6.00. The zero-order valence-electron chi connectivity index (χ0n) is 12.5. The molecule has 6 nitrogen and oxygen atoms in total. The molecule has 3 rings (SSSR count). The molecule has 23 heavy (non-hydrogen) atoms. The summed E-state index contributed by atoms with van der Waals surface area (Å²) >= 11 is 10.4. The zero-order valence-corrected chi connectivity index (χ0v) is 14.1. The van der Waals surface area contributed by atoms with Crippen LogP contribution in [0.5, 0.6) is 5.75 Å². The highest BCUT2D eigenvalue weighted by molar-refractivity contribution is 7.80. The van der Waals surface area contributed by atoms with Gasteiger partial charge in [0.15, 0.2) is 10.2 Å². The molecule has 1 aromatic rings. The number of benzene rings is 1. The van der Waals surface area contributed by atoms with E-state index in [9.17, 15) is 10.2 Å². The van der Waals surface area contributed by atoms with Crippen LogP contribution in [-0.2, 0) is 6.42 Å². The lowest BCUT2D eigenvalue weighted by atomic mass is 9.81. The van der Waals surface area contributed by atoms with Crippen LogP contribution in [0.2, 0.25) is 0 Å². The van der Waals surface area contributed by atoms with E-state index in [0.717, 1.165) is 18.5 Å². The van der Waals surface area contributed by atoms with Crippen molar-refractivity contribution in [2.45, 2.75) is 24.6 Å². The lowest BCUT2D eigenvalue weighted by Gasteiger charge is -2.47. The lowest BCUT2D eigenvalue weighted by Crippen LogP contribution is -2.70. The molecule has 0 aromatic heterocycles. The first-order chi connectivity index (χ1) is 11.0. The fourth-order valence-electron chi connectivity index (χ4n) is 3.21. The molecule has 2 aliphatic rings. The standard InChI is InChI=1S/C15H20N4O2S2/c20-10-3-1-9(2-4-10)7-15(21)11(8-17-14(23)19-15)12-5-6-16-13(22)18-12/h1-4,11-12,20-21H,5-8H2,(H2,16,18,22)(H2,17,19,23). The van der Waals surface area contributed by atoms with Crippen LogP contribution >= 0.6 is 24.4 Å². The molecule has 0 saturated carbocycles. The highest BCUT2D eigenvalue weighted by Gasteiger charge is 2.45. The maximum Gasteiger partial charge on any atom is 0.168 e. The van der Waals surface area contributed by atoms with Crippen LogP contribution in [0.15, 0.2) is 24.3 Å². The molecule has 0 bridgehead atoms. The third-order valence-electron chi connectivity index (χ3n) is 4.38. The van der Waals surface area contributed by atoms with Crippen molar-refractivity contribution in [3.63, 3.8) is 0 Å². The predicted molar refractivity (Wildman–Crippen MR) is 96.1 cm³/mol. The molecule has 8 heteroatoms. The average Bonchev–Trinajstić information content (AvgIpc) is 2.49. The number of aromatic hydroxyl groups is 1. The monoisotopic (exact) mass is 352 g/mol. The Labute approximate surface area is 145 Å². The summed E-state index contributed by atoms with van der Waals surface area (Å²) in [6, 6.07) is 6.89. The Morgan fingerprint density at radius 1 is 1.13 bits per heavy atom. The highest BCUT2D eigenvalue weighted by Crippen LogP contribution is 2.28. The SMILES string of the molecule is Oc1ccc(CC2(O)NC(=S)NCC2C2CCNC(=S)N2)cc1. The van der Waals surface area contributed by atoms with Crippen molar-refractivity contribution in [3.8, 4) is 5.75 Å². The molecule has 0 spiro atoms. The minimum Gasteiger partial charge on any atom is -0.508 e. The molecule has 0 amide bonds. The zero-order chi connectivity index (χ0) is 16.4. The van der Waals surface area contributed by atoms with Crippen LogP contribution in [0.25, 0.3) is 0 Å². The van der Waals surface area contributed by atoms with E-state index in [-0.39, 0.29) is 17.7 Å². The first-order valence-corrected chi connectivity index (χ1v) is 8.38. The van der Waals surface area contributed by atoms with Crippen molar-refractivity contribution in [2.75, 3.05) is 13.1 Å². The van der Waals surface area contributed by atoms with Crippen LogP contribution < -0.4 is 21.3 Å². The summed E-state index contributed by atoms with van der Waals surface area (Å²) in [6.45, 7) is 1.35. The van der Waals surface area contributed by atoms with E-state index in [4.69, 9.17) is 24.4 Å². The molecule has 2 heterocycles. The maximum absolute atomic E-state index is 11.3. The van der Waals surface area contributed by atoms with Gasteiger partial charge < -0.3 is 31.5 Å². The summed E-state index contributed by atoms with van der Waals surface area (Å²) in [7, 11) is 0. The van der Waals surface area contributed by atoms with Gasteiger partial charge in [-0.25, -0.2) is 0 Å². The van der Waals surface area contributed by atoms with Crippen molar-refractivity contribution in [1.82, 2.24) is 21.3 Å². The van der Waals surface area contributed by atoms with Gasteiger partial charge in [0.05, 0.1) is 0 Å². The van der Waals surface area contributed by atoms with Gasteiger partial charge in [-0.1, -0.05) is 12.1 Å². The Balaban J connectivity index is 1.82. The third kappa shape index (κ3) is 3.65. The Kier molecular flexibility index (Phi) is 4.56. The van der Waals surface area contributed by atoms with Gasteiger partial charge in [-0.15, -0.1) is 0 Å². The second-order valence-corrected chi connectivity index (χ2v) is 6.82. The van der Waals surface area contributed by atoms with Gasteiger partial charge in [0, 0.05) is 31.5 Å². The average molecular weight is 352 g/mol. The summed E-state index contributed by atoms with van der Waals surface area (Å²) in [5.41, 5.74) is -0.256. The molecule has 0 radical (unpaired) electrons. The minimum absolute atomic E-state index is 0.0500. The van der Waals surface area contributed by atoms with Crippen LogP contribution in [0.3, 0.4) is 0 Å². The summed E-state index contributed by atoms with van der Waals surface area (Å²) in [5, 5.41) is 34.2. The number of hydrogen-bond donors (Lipinski definition) is 6. The van der Waals surface area contributed by atoms with Crippen LogP contribution in [0.1, 0.15) is 12.0 Å². The van der Waals surface area contributed by atoms with Crippen molar-refractivity contribution in [2.24, 2.45) is 5.92 Å². The molecule has 0 aliphatic carbocycles. The number of thiocarbonyl (C=S) groups is 2. The normalized spacial score (nSPS) is 30.7. The second kappa shape index (κ2) is 6.46. The van der Waals surface area contributed by atoms with E-state index < -0.39 is 5.72 Å². The molecule has 6 N–H and O–H groups in total. The molecule has 3 unspecified atom stereocenters. The van der Waals surface area contributed by atoms with E-state index in [2.05, 4.69) is 21.3 Å². The van der Waals surface area contributed by atoms with Gasteiger partial charge >= 0.3 is 0 Å². The number of phenolic OH excluding ortho intramolecular Hbond substituents is 1.